The monoisotopic (exact) mass is 294 g/mol. The third-order valence-electron chi connectivity index (χ3n) is 2.07. The van der Waals surface area contributed by atoms with Crippen LogP contribution in [0.1, 0.15) is 10.4 Å². The molecule has 0 aliphatic carbocycles. The second-order valence-corrected chi connectivity index (χ2v) is 7.07. The molecule has 18 heavy (non-hydrogen) atoms. The quantitative estimate of drug-likeness (QED) is 0.594. The third-order valence-corrected chi connectivity index (χ3v) is 4.24. The van der Waals surface area contributed by atoms with Crippen LogP contribution >= 0.6 is 11.8 Å². The van der Waals surface area contributed by atoms with Crippen LogP contribution in [-0.4, -0.2) is 37.7 Å². The van der Waals surface area contributed by atoms with Crippen LogP contribution in [0.5, 0.6) is 0 Å². The number of rotatable bonds is 6. The Balaban J connectivity index is 2.56. The SMILES string of the molecule is CS(=O)(=O)CCSCC(=O)c1c(F)cccc1F. The average Bonchev–Trinajstić information content (AvgIpc) is 2.23. The Kier molecular flexibility index (Phi) is 5.28. The summed E-state index contributed by atoms with van der Waals surface area (Å²) in [7, 11) is -3.08. The van der Waals surface area contributed by atoms with E-state index in [0.29, 0.717) is 0 Å². The van der Waals surface area contributed by atoms with Crippen molar-refractivity contribution < 1.29 is 22.0 Å². The van der Waals surface area contributed by atoms with E-state index in [1.54, 1.807) is 0 Å². The normalized spacial score (nSPS) is 11.5. The van der Waals surface area contributed by atoms with E-state index in [-0.39, 0.29) is 17.3 Å². The lowest BCUT2D eigenvalue weighted by atomic mass is 10.1. The zero-order valence-electron chi connectivity index (χ0n) is 9.65. The summed E-state index contributed by atoms with van der Waals surface area (Å²) in [4.78, 5) is 11.6. The van der Waals surface area contributed by atoms with Crippen LogP contribution in [0.15, 0.2) is 18.2 Å². The van der Waals surface area contributed by atoms with Crippen molar-refractivity contribution in [1.29, 1.82) is 0 Å². The van der Waals surface area contributed by atoms with Gasteiger partial charge >= 0.3 is 0 Å². The molecule has 1 aromatic carbocycles. The number of Topliss-reactive ketones (excluding diaryl/α,β-unsaturated/α-hetero) is 1. The highest BCUT2D eigenvalue weighted by molar-refractivity contribution is 8.01. The first-order valence-electron chi connectivity index (χ1n) is 5.04. The minimum absolute atomic E-state index is 0.0648. The van der Waals surface area contributed by atoms with Gasteiger partial charge in [-0.15, -0.1) is 0 Å². The minimum atomic E-state index is -3.08. The van der Waals surface area contributed by atoms with E-state index in [1.165, 1.54) is 6.07 Å². The molecule has 1 aromatic rings. The number of sulfone groups is 1. The molecule has 0 amide bonds. The van der Waals surface area contributed by atoms with Gasteiger partial charge in [0.15, 0.2) is 5.78 Å². The molecule has 1 rings (SSSR count). The summed E-state index contributed by atoms with van der Waals surface area (Å²) in [6.07, 6.45) is 1.09. The van der Waals surface area contributed by atoms with Gasteiger partial charge in [-0.25, -0.2) is 17.2 Å². The fourth-order valence-electron chi connectivity index (χ4n) is 1.21. The van der Waals surface area contributed by atoms with Crippen molar-refractivity contribution in [3.05, 3.63) is 35.4 Å². The van der Waals surface area contributed by atoms with Crippen LogP contribution in [0.25, 0.3) is 0 Å². The van der Waals surface area contributed by atoms with Gasteiger partial charge in [0.2, 0.25) is 0 Å². The maximum atomic E-state index is 13.2. The molecule has 0 heterocycles. The van der Waals surface area contributed by atoms with Gasteiger partial charge in [0.05, 0.1) is 17.1 Å². The molecule has 0 unspecified atom stereocenters. The number of carbonyl (C=O) groups is 1. The molecule has 0 aromatic heterocycles. The molecule has 100 valence electrons. The summed E-state index contributed by atoms with van der Waals surface area (Å²) in [5.74, 6) is -2.46. The molecule has 0 saturated carbocycles. The highest BCUT2D eigenvalue weighted by Gasteiger charge is 2.16. The number of carbonyl (C=O) groups excluding carboxylic acids is 1. The van der Waals surface area contributed by atoms with E-state index in [0.717, 1.165) is 30.2 Å². The Morgan fingerprint density at radius 1 is 1.28 bits per heavy atom. The second-order valence-electron chi connectivity index (χ2n) is 3.70. The van der Waals surface area contributed by atoms with Crippen LogP contribution in [0.3, 0.4) is 0 Å². The summed E-state index contributed by atoms with van der Waals surface area (Å²) in [5.41, 5.74) is -0.565. The number of halogens is 2. The number of hydrogen-bond acceptors (Lipinski definition) is 4. The first-order chi connectivity index (χ1) is 8.31. The topological polar surface area (TPSA) is 51.2 Å². The predicted molar refractivity (Wildman–Crippen MR) is 67.7 cm³/mol. The second kappa shape index (κ2) is 6.29. The molecule has 0 saturated heterocycles. The van der Waals surface area contributed by atoms with Crippen LogP contribution < -0.4 is 0 Å². The molecular weight excluding hydrogens is 282 g/mol. The largest absolute Gasteiger partial charge is 0.293 e. The highest BCUT2D eigenvalue weighted by atomic mass is 32.2. The van der Waals surface area contributed by atoms with Crippen molar-refractivity contribution in [2.45, 2.75) is 0 Å². The Bertz CT molecular complexity index is 521. The van der Waals surface area contributed by atoms with Crippen molar-refractivity contribution >= 4 is 27.4 Å². The van der Waals surface area contributed by atoms with Crippen LogP contribution in [0.2, 0.25) is 0 Å². The maximum Gasteiger partial charge on any atom is 0.178 e. The zero-order chi connectivity index (χ0) is 13.8. The van der Waals surface area contributed by atoms with Crippen molar-refractivity contribution in [3.8, 4) is 0 Å². The van der Waals surface area contributed by atoms with Gasteiger partial charge < -0.3 is 0 Å². The van der Waals surface area contributed by atoms with Crippen LogP contribution in [0.4, 0.5) is 8.78 Å². The fraction of sp³-hybridized carbons (Fsp3) is 0.364. The standard InChI is InChI=1S/C11H12F2O3S2/c1-18(15,16)6-5-17-7-10(14)11-8(12)3-2-4-9(11)13/h2-4H,5-7H2,1H3. The van der Waals surface area contributed by atoms with Gasteiger partial charge in [-0.2, -0.15) is 11.8 Å². The van der Waals surface area contributed by atoms with E-state index in [9.17, 15) is 22.0 Å². The Labute approximate surface area is 108 Å². The number of hydrogen-bond donors (Lipinski definition) is 0. The van der Waals surface area contributed by atoms with E-state index in [2.05, 4.69) is 0 Å². The van der Waals surface area contributed by atoms with Gasteiger partial charge in [0.25, 0.3) is 0 Å². The van der Waals surface area contributed by atoms with Crippen LogP contribution in [0, 0.1) is 11.6 Å². The van der Waals surface area contributed by atoms with Gasteiger partial charge in [0.1, 0.15) is 21.5 Å². The molecule has 0 fully saturated rings. The fourth-order valence-corrected chi connectivity index (χ4v) is 3.37. The molecule has 3 nitrogen and oxygen atoms in total. The summed E-state index contributed by atoms with van der Waals surface area (Å²) < 4.78 is 48.1. The van der Waals surface area contributed by atoms with Gasteiger partial charge in [-0.3, -0.25) is 4.79 Å². The Morgan fingerprint density at radius 3 is 2.33 bits per heavy atom. The van der Waals surface area contributed by atoms with E-state index < -0.39 is 32.8 Å². The molecule has 0 N–H and O–H groups in total. The Hall–Kier alpha value is -0.950. The van der Waals surface area contributed by atoms with Gasteiger partial charge in [-0.1, -0.05) is 6.07 Å². The molecule has 0 spiro atoms. The Morgan fingerprint density at radius 2 is 1.83 bits per heavy atom. The van der Waals surface area contributed by atoms with Crippen LogP contribution in [-0.2, 0) is 9.84 Å². The summed E-state index contributed by atoms with van der Waals surface area (Å²) in [6, 6.07) is 3.20. The van der Waals surface area contributed by atoms with E-state index >= 15 is 0 Å². The molecule has 0 bridgehead atoms. The molecule has 0 atom stereocenters. The predicted octanol–water partition coefficient (Wildman–Crippen LogP) is 1.93. The van der Waals surface area contributed by atoms with E-state index in [1.807, 2.05) is 0 Å². The highest BCUT2D eigenvalue weighted by Crippen LogP contribution is 2.15. The first kappa shape index (κ1) is 15.1. The lowest BCUT2D eigenvalue weighted by molar-refractivity contribution is 0.101. The molecule has 0 radical (unpaired) electrons. The molecule has 0 aliphatic heterocycles. The smallest absolute Gasteiger partial charge is 0.178 e. The van der Waals surface area contributed by atoms with Crippen molar-refractivity contribution in [1.82, 2.24) is 0 Å². The molecule has 7 heteroatoms. The lowest BCUT2D eigenvalue weighted by Gasteiger charge is -2.03. The number of ketones is 1. The summed E-state index contributed by atoms with van der Waals surface area (Å²) >= 11 is 1.04. The van der Waals surface area contributed by atoms with Gasteiger partial charge in [0, 0.05) is 12.0 Å². The maximum absolute atomic E-state index is 13.2. The van der Waals surface area contributed by atoms with Gasteiger partial charge in [-0.05, 0) is 12.1 Å². The number of thioether (sulfide) groups is 1. The van der Waals surface area contributed by atoms with Crippen molar-refractivity contribution in [2.75, 3.05) is 23.5 Å². The lowest BCUT2D eigenvalue weighted by Crippen LogP contribution is -2.11. The minimum Gasteiger partial charge on any atom is -0.293 e. The first-order valence-corrected chi connectivity index (χ1v) is 8.25. The molecule has 0 aliphatic rings. The van der Waals surface area contributed by atoms with Crippen molar-refractivity contribution in [3.63, 3.8) is 0 Å². The average molecular weight is 294 g/mol. The number of benzene rings is 1. The zero-order valence-corrected chi connectivity index (χ0v) is 11.3. The third kappa shape index (κ3) is 4.73. The molecular formula is C11H12F2O3S2. The van der Waals surface area contributed by atoms with E-state index in [4.69, 9.17) is 0 Å². The summed E-state index contributed by atoms with van der Waals surface area (Å²) in [5, 5.41) is 0. The summed E-state index contributed by atoms with van der Waals surface area (Å²) in [6.45, 7) is 0. The van der Waals surface area contributed by atoms with Crippen molar-refractivity contribution in [2.24, 2.45) is 0 Å².